The Bertz CT molecular complexity index is 1150. The van der Waals surface area contributed by atoms with Crippen molar-refractivity contribution in [1.82, 2.24) is 4.98 Å². The summed E-state index contributed by atoms with van der Waals surface area (Å²) in [7, 11) is -3.87. The Labute approximate surface area is 161 Å². The van der Waals surface area contributed by atoms with Crippen molar-refractivity contribution in [3.63, 3.8) is 0 Å². The molecule has 0 unspecified atom stereocenters. The van der Waals surface area contributed by atoms with Crippen LogP contribution in [-0.2, 0) is 10.0 Å². The van der Waals surface area contributed by atoms with E-state index in [0.29, 0.717) is 11.6 Å². The van der Waals surface area contributed by atoms with Crippen molar-refractivity contribution in [2.75, 3.05) is 4.72 Å². The number of nitrogens with one attached hydrogen (secondary N) is 1. The normalized spacial score (nSPS) is 18.7. The average Bonchev–Trinajstić information content (AvgIpc) is 3.19. The van der Waals surface area contributed by atoms with Gasteiger partial charge >= 0.3 is 0 Å². The molecule has 0 bridgehead atoms. The van der Waals surface area contributed by atoms with Gasteiger partial charge < -0.3 is 5.73 Å². The average molecular weight is 396 g/mol. The molecule has 0 radical (unpaired) electrons. The highest BCUT2D eigenvalue weighted by Crippen LogP contribution is 2.43. The van der Waals surface area contributed by atoms with Gasteiger partial charge in [-0.15, -0.1) is 11.3 Å². The molecule has 27 heavy (non-hydrogen) atoms. The second-order valence-electron chi connectivity index (χ2n) is 6.37. The Hall–Kier alpha value is -2.73. The maximum Gasteiger partial charge on any atom is 0.263 e. The third-order valence-corrected chi connectivity index (χ3v) is 7.01. The molecule has 8 heteroatoms. The Morgan fingerprint density at radius 2 is 2.00 bits per heavy atom. The number of hydrogen-bond donors (Lipinski definition) is 2. The van der Waals surface area contributed by atoms with E-state index < -0.39 is 10.0 Å². The molecule has 2 aromatic carbocycles. The number of nitriles is 1. The van der Waals surface area contributed by atoms with Crippen LogP contribution >= 0.6 is 11.3 Å². The summed E-state index contributed by atoms with van der Waals surface area (Å²) in [5.74, 6) is 0.389. The molecule has 1 fully saturated rings. The van der Waals surface area contributed by atoms with Gasteiger partial charge in [0, 0.05) is 34.3 Å². The van der Waals surface area contributed by atoms with E-state index in [4.69, 9.17) is 11.0 Å². The van der Waals surface area contributed by atoms with Crippen molar-refractivity contribution in [2.24, 2.45) is 5.73 Å². The predicted molar refractivity (Wildman–Crippen MR) is 105 cm³/mol. The summed E-state index contributed by atoms with van der Waals surface area (Å²) in [6.07, 6.45) is 2.83. The summed E-state index contributed by atoms with van der Waals surface area (Å²) < 4.78 is 27.9. The maximum atomic E-state index is 12.7. The molecule has 0 saturated heterocycles. The van der Waals surface area contributed by atoms with Crippen LogP contribution in [0.4, 0.5) is 5.69 Å². The lowest BCUT2D eigenvalue weighted by atomic mass is 10.2. The fourth-order valence-electron chi connectivity index (χ4n) is 2.85. The van der Waals surface area contributed by atoms with Gasteiger partial charge in [-0.1, -0.05) is 24.3 Å². The standard InChI is InChI=1S/C19H16N4O2S2/c20-10-13-4-1-2-7-18(13)27(24,25)23-14-6-3-5-12(8-14)19-22-11-17(26-19)15-9-16(15)21/h1-8,11,15-16,23H,9,21H2/t15-,16+/m0/s1. The number of nitrogens with two attached hydrogens (primary N) is 1. The molecule has 4 rings (SSSR count). The first-order chi connectivity index (χ1) is 13.0. The first-order valence-corrected chi connectivity index (χ1v) is 10.6. The summed E-state index contributed by atoms with van der Waals surface area (Å²) in [5, 5.41) is 9.98. The number of sulfonamides is 1. The van der Waals surface area contributed by atoms with E-state index >= 15 is 0 Å². The van der Waals surface area contributed by atoms with Crippen molar-refractivity contribution in [1.29, 1.82) is 5.26 Å². The van der Waals surface area contributed by atoms with E-state index in [9.17, 15) is 8.42 Å². The fourth-order valence-corrected chi connectivity index (χ4v) is 5.16. The molecule has 0 spiro atoms. The number of aromatic nitrogens is 1. The lowest BCUT2D eigenvalue weighted by Gasteiger charge is -2.10. The van der Waals surface area contributed by atoms with Crippen LogP contribution in [0.5, 0.6) is 0 Å². The van der Waals surface area contributed by atoms with Crippen LogP contribution in [0, 0.1) is 11.3 Å². The van der Waals surface area contributed by atoms with Gasteiger partial charge in [-0.25, -0.2) is 13.4 Å². The van der Waals surface area contributed by atoms with E-state index in [1.54, 1.807) is 41.7 Å². The van der Waals surface area contributed by atoms with Crippen molar-refractivity contribution in [3.8, 4) is 16.6 Å². The highest BCUT2D eigenvalue weighted by molar-refractivity contribution is 7.92. The van der Waals surface area contributed by atoms with Crippen LogP contribution < -0.4 is 10.5 Å². The highest BCUT2D eigenvalue weighted by Gasteiger charge is 2.36. The van der Waals surface area contributed by atoms with E-state index in [1.807, 2.05) is 18.3 Å². The summed E-state index contributed by atoms with van der Waals surface area (Å²) >= 11 is 1.58. The number of nitrogens with zero attached hydrogens (tertiary/aromatic N) is 2. The van der Waals surface area contributed by atoms with Crippen LogP contribution in [0.15, 0.2) is 59.6 Å². The van der Waals surface area contributed by atoms with Crippen LogP contribution in [0.3, 0.4) is 0 Å². The molecule has 1 heterocycles. The molecule has 1 aliphatic carbocycles. The minimum absolute atomic E-state index is 0.0443. The number of benzene rings is 2. The minimum Gasteiger partial charge on any atom is -0.327 e. The Morgan fingerprint density at radius 1 is 1.22 bits per heavy atom. The van der Waals surface area contributed by atoms with E-state index in [2.05, 4.69) is 9.71 Å². The zero-order chi connectivity index (χ0) is 19.0. The van der Waals surface area contributed by atoms with Gasteiger partial charge in [0.15, 0.2) is 0 Å². The fraction of sp³-hybridized carbons (Fsp3) is 0.158. The van der Waals surface area contributed by atoms with Crippen molar-refractivity contribution in [2.45, 2.75) is 23.3 Å². The summed E-state index contributed by atoms with van der Waals surface area (Å²) in [6, 6.07) is 15.3. The summed E-state index contributed by atoms with van der Waals surface area (Å²) in [4.78, 5) is 5.56. The monoisotopic (exact) mass is 396 g/mol. The predicted octanol–water partition coefficient (Wildman–Crippen LogP) is 3.30. The van der Waals surface area contributed by atoms with Gasteiger partial charge in [0.25, 0.3) is 10.0 Å². The zero-order valence-corrected chi connectivity index (χ0v) is 15.8. The van der Waals surface area contributed by atoms with E-state index in [0.717, 1.165) is 21.9 Å². The first-order valence-electron chi connectivity index (χ1n) is 8.31. The third kappa shape index (κ3) is 3.57. The number of rotatable bonds is 5. The lowest BCUT2D eigenvalue weighted by Crippen LogP contribution is -2.14. The second kappa shape index (κ2) is 6.78. The Morgan fingerprint density at radius 3 is 2.74 bits per heavy atom. The third-order valence-electron chi connectivity index (χ3n) is 4.39. The number of anilines is 1. The van der Waals surface area contributed by atoms with Crippen LogP contribution in [0.25, 0.3) is 10.6 Å². The van der Waals surface area contributed by atoms with E-state index in [-0.39, 0.29) is 16.5 Å². The second-order valence-corrected chi connectivity index (χ2v) is 9.08. The molecule has 1 saturated carbocycles. The molecule has 0 amide bonds. The highest BCUT2D eigenvalue weighted by atomic mass is 32.2. The SMILES string of the molecule is N#Cc1ccccc1S(=O)(=O)Nc1cccc(-c2ncc([C@H]3C[C@H]3N)s2)c1. The lowest BCUT2D eigenvalue weighted by molar-refractivity contribution is 0.601. The minimum atomic E-state index is -3.87. The smallest absolute Gasteiger partial charge is 0.263 e. The molecule has 136 valence electrons. The van der Waals surface area contributed by atoms with Gasteiger partial charge in [-0.2, -0.15) is 5.26 Å². The van der Waals surface area contributed by atoms with Gasteiger partial charge in [-0.05, 0) is 30.7 Å². The largest absolute Gasteiger partial charge is 0.327 e. The Kier molecular flexibility index (Phi) is 4.44. The first kappa shape index (κ1) is 17.7. The topological polar surface area (TPSA) is 109 Å². The molecular weight excluding hydrogens is 380 g/mol. The Balaban J connectivity index is 1.61. The molecule has 0 aliphatic heterocycles. The van der Waals surface area contributed by atoms with Crippen LogP contribution in [0.1, 0.15) is 22.8 Å². The summed E-state index contributed by atoms with van der Waals surface area (Å²) in [5.41, 5.74) is 7.25. The van der Waals surface area contributed by atoms with Crippen LogP contribution in [0.2, 0.25) is 0 Å². The quantitative estimate of drug-likeness (QED) is 0.688. The molecule has 3 aromatic rings. The molecule has 6 nitrogen and oxygen atoms in total. The molecule has 1 aliphatic rings. The molecule has 1 aromatic heterocycles. The summed E-state index contributed by atoms with van der Waals surface area (Å²) in [6.45, 7) is 0. The van der Waals surface area contributed by atoms with E-state index in [1.165, 1.54) is 12.1 Å². The molecule has 2 atom stereocenters. The molecular formula is C19H16N4O2S2. The van der Waals surface area contributed by atoms with Crippen molar-refractivity contribution >= 4 is 27.0 Å². The van der Waals surface area contributed by atoms with Crippen LogP contribution in [-0.4, -0.2) is 19.4 Å². The van der Waals surface area contributed by atoms with Gasteiger partial charge in [0.2, 0.25) is 0 Å². The van der Waals surface area contributed by atoms with Gasteiger partial charge in [0.05, 0.1) is 5.56 Å². The van der Waals surface area contributed by atoms with Crippen molar-refractivity contribution in [3.05, 3.63) is 65.2 Å². The van der Waals surface area contributed by atoms with Gasteiger partial charge in [0.1, 0.15) is 16.0 Å². The zero-order valence-electron chi connectivity index (χ0n) is 14.2. The number of hydrogen-bond acceptors (Lipinski definition) is 6. The van der Waals surface area contributed by atoms with Crippen molar-refractivity contribution < 1.29 is 8.42 Å². The number of thiazole rings is 1. The van der Waals surface area contributed by atoms with Gasteiger partial charge in [-0.3, -0.25) is 4.72 Å². The maximum absolute atomic E-state index is 12.7. The molecule has 3 N–H and O–H groups in total.